The lowest BCUT2D eigenvalue weighted by atomic mass is 10.1. The van der Waals surface area contributed by atoms with Crippen LogP contribution in [0.5, 0.6) is 0 Å². The fourth-order valence-corrected chi connectivity index (χ4v) is 3.50. The molecule has 1 heterocycles. The van der Waals surface area contributed by atoms with Crippen molar-refractivity contribution in [1.82, 2.24) is 9.29 Å². The second-order valence-corrected chi connectivity index (χ2v) is 8.00. The number of nitrogens with one attached hydrogen (secondary N) is 1. The predicted molar refractivity (Wildman–Crippen MR) is 103 cm³/mol. The molecular weight excluding hydrogens is 366 g/mol. The highest BCUT2D eigenvalue weighted by Gasteiger charge is 2.15. The van der Waals surface area contributed by atoms with Gasteiger partial charge in [0.05, 0.1) is 11.8 Å². The second kappa shape index (κ2) is 7.24. The molecule has 0 radical (unpaired) electrons. The molecular formula is C19H19N3O4S. The van der Waals surface area contributed by atoms with Crippen LogP contribution in [0, 0.1) is 0 Å². The van der Waals surface area contributed by atoms with Crippen molar-refractivity contribution in [2.24, 2.45) is 5.73 Å². The zero-order valence-corrected chi connectivity index (χ0v) is 15.5. The van der Waals surface area contributed by atoms with Crippen LogP contribution in [-0.2, 0) is 21.2 Å². The van der Waals surface area contributed by atoms with Crippen LogP contribution in [0.25, 0.3) is 16.6 Å². The number of nitrogens with zero attached hydrogens (tertiary/aromatic N) is 1. The van der Waals surface area contributed by atoms with E-state index in [9.17, 15) is 18.0 Å². The molecule has 0 saturated heterocycles. The van der Waals surface area contributed by atoms with Gasteiger partial charge in [0.2, 0.25) is 15.9 Å². The van der Waals surface area contributed by atoms with Crippen LogP contribution in [0.1, 0.15) is 22.5 Å². The summed E-state index contributed by atoms with van der Waals surface area (Å²) in [6, 6.07) is 16.7. The van der Waals surface area contributed by atoms with Gasteiger partial charge in [0, 0.05) is 17.5 Å². The summed E-state index contributed by atoms with van der Waals surface area (Å²) in [5, 5.41) is 0.893. The van der Waals surface area contributed by atoms with Crippen molar-refractivity contribution < 1.29 is 18.0 Å². The third-order valence-corrected chi connectivity index (χ3v) is 4.67. The zero-order valence-electron chi connectivity index (χ0n) is 14.7. The van der Waals surface area contributed by atoms with E-state index in [2.05, 4.69) is 0 Å². The Morgan fingerprint density at radius 3 is 2.52 bits per heavy atom. The third-order valence-electron chi connectivity index (χ3n) is 4.07. The Labute approximate surface area is 156 Å². The molecule has 3 N–H and O–H groups in total. The standard InChI is InChI=1S/C19H19N3O4S/c1-27(25,26)21-18(23)10-9-13-5-4-7-15(11-13)22-16-8-3-2-6-14(16)12-17(22)19(20)24/h2-8,11-12H,9-10H2,1H3,(H2,20,24)(H,21,23). The highest BCUT2D eigenvalue weighted by Crippen LogP contribution is 2.25. The summed E-state index contributed by atoms with van der Waals surface area (Å²) in [6.07, 6.45) is 1.33. The monoisotopic (exact) mass is 385 g/mol. The van der Waals surface area contributed by atoms with Crippen LogP contribution in [0.3, 0.4) is 0 Å². The number of carbonyl (C=O) groups excluding carboxylic acids is 2. The highest BCUT2D eigenvalue weighted by atomic mass is 32.2. The predicted octanol–water partition coefficient (Wildman–Crippen LogP) is 1.74. The van der Waals surface area contributed by atoms with Crippen molar-refractivity contribution in [3.8, 4) is 5.69 Å². The molecule has 0 aliphatic carbocycles. The minimum absolute atomic E-state index is 0.0334. The largest absolute Gasteiger partial charge is 0.364 e. The summed E-state index contributed by atoms with van der Waals surface area (Å²) in [6.45, 7) is 0. The van der Waals surface area contributed by atoms with Crippen LogP contribution < -0.4 is 10.5 Å². The summed E-state index contributed by atoms with van der Waals surface area (Å²) in [4.78, 5) is 23.6. The van der Waals surface area contributed by atoms with Crippen molar-refractivity contribution in [2.75, 3.05) is 6.26 Å². The van der Waals surface area contributed by atoms with Crippen LogP contribution in [-0.4, -0.2) is 31.1 Å². The summed E-state index contributed by atoms with van der Waals surface area (Å²) >= 11 is 0. The summed E-state index contributed by atoms with van der Waals surface area (Å²) in [5.74, 6) is -1.10. The van der Waals surface area contributed by atoms with E-state index < -0.39 is 21.8 Å². The number of amides is 2. The number of sulfonamides is 1. The molecule has 7 nitrogen and oxygen atoms in total. The number of primary amides is 1. The maximum absolute atomic E-state index is 11.9. The molecule has 140 valence electrons. The van der Waals surface area contributed by atoms with Crippen LogP contribution >= 0.6 is 0 Å². The molecule has 3 aromatic rings. The van der Waals surface area contributed by atoms with Gasteiger partial charge in [0.1, 0.15) is 5.69 Å². The molecule has 3 rings (SSSR count). The lowest BCUT2D eigenvalue weighted by Gasteiger charge is -2.11. The number of fused-ring (bicyclic) bond motifs is 1. The molecule has 0 atom stereocenters. The molecule has 0 saturated carbocycles. The smallest absolute Gasteiger partial charge is 0.265 e. The van der Waals surface area contributed by atoms with Gasteiger partial charge < -0.3 is 10.3 Å². The van der Waals surface area contributed by atoms with Gasteiger partial charge in [-0.3, -0.25) is 14.3 Å². The number of carbonyl (C=O) groups is 2. The molecule has 0 aliphatic rings. The zero-order chi connectivity index (χ0) is 19.6. The molecule has 0 bridgehead atoms. The van der Waals surface area contributed by atoms with Crippen LogP contribution in [0.15, 0.2) is 54.6 Å². The van der Waals surface area contributed by atoms with Gasteiger partial charge >= 0.3 is 0 Å². The molecule has 0 unspecified atom stereocenters. The molecule has 8 heteroatoms. The SMILES string of the molecule is CS(=O)(=O)NC(=O)CCc1cccc(-n2c(C(N)=O)cc3ccccc32)c1. The van der Waals surface area contributed by atoms with Gasteiger partial charge in [-0.25, -0.2) is 8.42 Å². The lowest BCUT2D eigenvalue weighted by Crippen LogP contribution is -2.29. The molecule has 1 aromatic heterocycles. The first kappa shape index (κ1) is 18.7. The summed E-state index contributed by atoms with van der Waals surface area (Å²) in [7, 11) is -3.57. The van der Waals surface area contributed by atoms with Crippen molar-refractivity contribution in [2.45, 2.75) is 12.8 Å². The lowest BCUT2D eigenvalue weighted by molar-refractivity contribution is -0.119. The first-order chi connectivity index (χ1) is 12.7. The van der Waals surface area contributed by atoms with Crippen molar-refractivity contribution >= 4 is 32.7 Å². The van der Waals surface area contributed by atoms with Crippen molar-refractivity contribution in [3.05, 3.63) is 65.9 Å². The summed E-state index contributed by atoms with van der Waals surface area (Å²) < 4.78 is 25.9. The maximum Gasteiger partial charge on any atom is 0.265 e. The molecule has 27 heavy (non-hydrogen) atoms. The minimum Gasteiger partial charge on any atom is -0.364 e. The third kappa shape index (κ3) is 4.35. The molecule has 0 fully saturated rings. The fourth-order valence-electron chi connectivity index (χ4n) is 2.98. The average Bonchev–Trinajstić information content (AvgIpc) is 2.99. The Hall–Kier alpha value is -3.13. The Bertz CT molecular complexity index is 1130. The number of aromatic nitrogens is 1. The maximum atomic E-state index is 11.9. The van der Waals surface area contributed by atoms with E-state index in [1.54, 1.807) is 10.6 Å². The number of nitrogens with two attached hydrogens (primary N) is 1. The van der Waals surface area contributed by atoms with Gasteiger partial charge in [0.25, 0.3) is 5.91 Å². The first-order valence-electron chi connectivity index (χ1n) is 8.25. The minimum atomic E-state index is -3.57. The number of benzene rings is 2. The molecule has 0 aliphatic heterocycles. The van der Waals surface area contributed by atoms with Gasteiger partial charge in [-0.2, -0.15) is 0 Å². The van der Waals surface area contributed by atoms with Crippen molar-refractivity contribution in [1.29, 1.82) is 0 Å². The van der Waals surface area contributed by atoms with E-state index in [-0.39, 0.29) is 6.42 Å². The van der Waals surface area contributed by atoms with Gasteiger partial charge in [-0.15, -0.1) is 0 Å². The van der Waals surface area contributed by atoms with E-state index in [0.717, 1.165) is 28.4 Å². The van der Waals surface area contributed by atoms with E-state index in [0.29, 0.717) is 12.1 Å². The van der Waals surface area contributed by atoms with Crippen LogP contribution in [0.2, 0.25) is 0 Å². The quantitative estimate of drug-likeness (QED) is 0.673. The Morgan fingerprint density at radius 1 is 1.07 bits per heavy atom. The average molecular weight is 385 g/mol. The van der Waals surface area contributed by atoms with Crippen molar-refractivity contribution in [3.63, 3.8) is 0 Å². The topological polar surface area (TPSA) is 111 Å². The molecule has 2 aromatic carbocycles. The normalized spacial score (nSPS) is 11.4. The van der Waals surface area contributed by atoms with Gasteiger partial charge in [-0.1, -0.05) is 30.3 Å². The highest BCUT2D eigenvalue weighted by molar-refractivity contribution is 7.89. The number of rotatable bonds is 6. The number of aryl methyl sites for hydroxylation is 1. The van der Waals surface area contributed by atoms with Gasteiger partial charge in [-0.05, 0) is 36.2 Å². The van der Waals surface area contributed by atoms with Gasteiger partial charge in [0.15, 0.2) is 0 Å². The van der Waals surface area contributed by atoms with Crippen LogP contribution in [0.4, 0.5) is 0 Å². The number of hydrogen-bond acceptors (Lipinski definition) is 4. The van der Waals surface area contributed by atoms with E-state index in [1.807, 2.05) is 53.3 Å². The fraction of sp³-hybridized carbons (Fsp3) is 0.158. The van der Waals surface area contributed by atoms with E-state index >= 15 is 0 Å². The summed E-state index contributed by atoms with van der Waals surface area (Å²) in [5.41, 5.74) is 8.33. The second-order valence-electron chi connectivity index (χ2n) is 6.26. The van der Waals surface area contributed by atoms with E-state index in [1.165, 1.54) is 0 Å². The Kier molecular flexibility index (Phi) is 5.00. The Morgan fingerprint density at radius 2 is 1.81 bits per heavy atom. The first-order valence-corrected chi connectivity index (χ1v) is 10.1. The Balaban J connectivity index is 1.92. The number of hydrogen-bond donors (Lipinski definition) is 2. The number of para-hydroxylation sites is 1. The molecule has 2 amide bonds. The molecule has 0 spiro atoms. The van der Waals surface area contributed by atoms with E-state index in [4.69, 9.17) is 5.73 Å².